The fraction of sp³-hybridized carbons (Fsp3) is 0.269. The molecule has 0 amide bonds. The first-order valence-corrected chi connectivity index (χ1v) is 11.3. The quantitative estimate of drug-likeness (QED) is 0.345. The van der Waals surface area contributed by atoms with Crippen molar-refractivity contribution in [1.29, 1.82) is 0 Å². The lowest BCUT2D eigenvalue weighted by Crippen LogP contribution is -2.29. The van der Waals surface area contributed by atoms with Gasteiger partial charge in [-0.05, 0) is 31.5 Å². The predicted octanol–water partition coefficient (Wildman–Crippen LogP) is 4.12. The van der Waals surface area contributed by atoms with Crippen LogP contribution in [0.4, 0.5) is 11.4 Å². The molecule has 4 aromatic rings. The lowest BCUT2D eigenvalue weighted by atomic mass is 10.1. The van der Waals surface area contributed by atoms with E-state index < -0.39 is 0 Å². The number of aromatic nitrogens is 4. The van der Waals surface area contributed by atoms with Crippen LogP contribution in [0.1, 0.15) is 24.2 Å². The molecule has 4 rings (SSSR count). The molecule has 1 atom stereocenters. The summed E-state index contributed by atoms with van der Waals surface area (Å²) in [5.41, 5.74) is 3.46. The molecule has 9 heteroatoms. The van der Waals surface area contributed by atoms with Gasteiger partial charge in [0.15, 0.2) is 0 Å². The van der Waals surface area contributed by atoms with Gasteiger partial charge in [-0.1, -0.05) is 30.3 Å². The smallest absolute Gasteiger partial charge is 0.291 e. The van der Waals surface area contributed by atoms with Crippen LogP contribution < -0.4 is 20.3 Å². The van der Waals surface area contributed by atoms with Crippen LogP contribution in [0.25, 0.3) is 5.69 Å². The Morgan fingerprint density at radius 2 is 1.86 bits per heavy atom. The summed E-state index contributed by atoms with van der Waals surface area (Å²) in [6.45, 7) is 4.57. The second kappa shape index (κ2) is 10.9. The van der Waals surface area contributed by atoms with Gasteiger partial charge >= 0.3 is 0 Å². The minimum absolute atomic E-state index is 0.270. The summed E-state index contributed by atoms with van der Waals surface area (Å²) in [7, 11) is 3.21. The van der Waals surface area contributed by atoms with Crippen LogP contribution in [0.5, 0.6) is 11.6 Å². The Hall–Kier alpha value is -4.11. The zero-order valence-corrected chi connectivity index (χ0v) is 20.3. The fourth-order valence-corrected chi connectivity index (χ4v) is 3.69. The van der Waals surface area contributed by atoms with E-state index in [2.05, 4.69) is 15.4 Å². The van der Waals surface area contributed by atoms with E-state index >= 15 is 0 Å². The summed E-state index contributed by atoms with van der Waals surface area (Å²) < 4.78 is 19.8. The summed E-state index contributed by atoms with van der Waals surface area (Å²) in [5.74, 6) is 0.959. The van der Waals surface area contributed by atoms with Gasteiger partial charge in [-0.2, -0.15) is 0 Å². The third-order valence-corrected chi connectivity index (χ3v) is 5.55. The standard InChI is InChI=1S/C26H29N5O4/c1-18-16-30(17-27-18)23-11-10-21(14-24(23)34-4)28-22-15-25(35-13-12-33-3)29-31(26(22)32)19(2)20-8-6-5-7-9-20/h5-11,14-17,19,28H,12-13H2,1-4H3. The Kier molecular flexibility index (Phi) is 7.47. The molecule has 0 aliphatic rings. The molecule has 1 unspecified atom stereocenters. The van der Waals surface area contributed by atoms with Crippen LogP contribution in [0, 0.1) is 6.92 Å². The first-order chi connectivity index (χ1) is 17.0. The number of imidazole rings is 1. The van der Waals surface area contributed by atoms with E-state index in [4.69, 9.17) is 14.2 Å². The third kappa shape index (κ3) is 5.52. The third-order valence-electron chi connectivity index (χ3n) is 5.55. The monoisotopic (exact) mass is 475 g/mol. The maximum Gasteiger partial charge on any atom is 0.291 e. The van der Waals surface area contributed by atoms with Gasteiger partial charge in [0, 0.05) is 31.1 Å². The minimum Gasteiger partial charge on any atom is -0.494 e. The topological polar surface area (TPSA) is 92.4 Å². The van der Waals surface area contributed by atoms with Crippen LogP contribution in [0.3, 0.4) is 0 Å². The van der Waals surface area contributed by atoms with Gasteiger partial charge in [-0.25, -0.2) is 9.67 Å². The Morgan fingerprint density at radius 1 is 1.06 bits per heavy atom. The molecule has 0 bridgehead atoms. The Bertz CT molecular complexity index is 1330. The van der Waals surface area contributed by atoms with Gasteiger partial charge in [-0.15, -0.1) is 5.10 Å². The second-order valence-corrected chi connectivity index (χ2v) is 8.01. The van der Waals surface area contributed by atoms with Crippen LogP contribution in [-0.4, -0.2) is 46.8 Å². The molecule has 0 saturated heterocycles. The Morgan fingerprint density at radius 3 is 2.54 bits per heavy atom. The molecule has 2 aromatic carbocycles. The summed E-state index contributed by atoms with van der Waals surface area (Å²) >= 11 is 0. The van der Waals surface area contributed by atoms with Crippen molar-refractivity contribution in [3.8, 4) is 17.3 Å². The van der Waals surface area contributed by atoms with Crippen LogP contribution >= 0.6 is 0 Å². The molecule has 2 heterocycles. The largest absolute Gasteiger partial charge is 0.494 e. The number of ether oxygens (including phenoxy) is 3. The number of nitrogens with zero attached hydrogens (tertiary/aromatic N) is 4. The summed E-state index contributed by atoms with van der Waals surface area (Å²) in [4.78, 5) is 17.7. The van der Waals surface area contributed by atoms with Crippen molar-refractivity contribution in [3.05, 3.63) is 88.7 Å². The highest BCUT2D eigenvalue weighted by Gasteiger charge is 2.17. The van der Waals surface area contributed by atoms with E-state index in [1.165, 1.54) is 4.68 Å². The van der Waals surface area contributed by atoms with Crippen molar-refractivity contribution in [3.63, 3.8) is 0 Å². The Labute approximate surface area is 203 Å². The molecule has 0 fully saturated rings. The van der Waals surface area contributed by atoms with Crippen molar-refractivity contribution in [1.82, 2.24) is 19.3 Å². The molecular formula is C26H29N5O4. The van der Waals surface area contributed by atoms with Crippen LogP contribution in [0.2, 0.25) is 0 Å². The lowest BCUT2D eigenvalue weighted by Gasteiger charge is -2.18. The number of aryl methyl sites for hydroxylation is 1. The minimum atomic E-state index is -0.295. The van der Waals surface area contributed by atoms with Crippen LogP contribution in [0.15, 0.2) is 71.9 Å². The zero-order chi connectivity index (χ0) is 24.8. The molecule has 0 aliphatic heterocycles. The van der Waals surface area contributed by atoms with Gasteiger partial charge in [0.05, 0.1) is 37.5 Å². The van der Waals surface area contributed by atoms with E-state index in [1.807, 2.05) is 73.1 Å². The molecule has 0 saturated carbocycles. The normalized spacial score (nSPS) is 11.8. The number of anilines is 2. The van der Waals surface area contributed by atoms with Gasteiger partial charge in [0.2, 0.25) is 5.88 Å². The van der Waals surface area contributed by atoms with Gasteiger partial charge in [0.25, 0.3) is 5.56 Å². The van der Waals surface area contributed by atoms with Crippen molar-refractivity contribution in [2.45, 2.75) is 19.9 Å². The van der Waals surface area contributed by atoms with E-state index in [9.17, 15) is 4.79 Å². The van der Waals surface area contributed by atoms with Crippen molar-refractivity contribution in [2.24, 2.45) is 0 Å². The van der Waals surface area contributed by atoms with E-state index in [-0.39, 0.29) is 11.6 Å². The van der Waals surface area contributed by atoms with Crippen molar-refractivity contribution >= 4 is 11.4 Å². The number of rotatable bonds is 10. The number of benzene rings is 2. The second-order valence-electron chi connectivity index (χ2n) is 8.01. The molecule has 2 aromatic heterocycles. The molecule has 0 aliphatic carbocycles. The first-order valence-electron chi connectivity index (χ1n) is 11.3. The summed E-state index contributed by atoms with van der Waals surface area (Å²) in [6, 6.07) is 16.7. The van der Waals surface area contributed by atoms with E-state index in [0.29, 0.717) is 36.2 Å². The highest BCUT2D eigenvalue weighted by molar-refractivity contribution is 5.65. The summed E-state index contributed by atoms with van der Waals surface area (Å²) in [6.07, 6.45) is 3.65. The van der Waals surface area contributed by atoms with E-state index in [1.54, 1.807) is 26.6 Å². The average Bonchev–Trinajstić information content (AvgIpc) is 3.31. The zero-order valence-electron chi connectivity index (χ0n) is 20.3. The predicted molar refractivity (Wildman–Crippen MR) is 134 cm³/mol. The molecule has 9 nitrogen and oxygen atoms in total. The van der Waals surface area contributed by atoms with E-state index in [0.717, 1.165) is 16.9 Å². The molecule has 0 radical (unpaired) electrons. The fourth-order valence-electron chi connectivity index (χ4n) is 3.69. The molecular weight excluding hydrogens is 446 g/mol. The van der Waals surface area contributed by atoms with Gasteiger partial charge in [0.1, 0.15) is 18.0 Å². The molecule has 35 heavy (non-hydrogen) atoms. The molecule has 182 valence electrons. The number of hydrogen-bond donors (Lipinski definition) is 1. The summed E-state index contributed by atoms with van der Waals surface area (Å²) in [5, 5.41) is 7.68. The highest BCUT2D eigenvalue weighted by Crippen LogP contribution is 2.29. The van der Waals surface area contributed by atoms with Gasteiger partial charge in [-0.3, -0.25) is 4.79 Å². The van der Waals surface area contributed by atoms with Gasteiger partial charge < -0.3 is 24.1 Å². The SMILES string of the molecule is COCCOc1cc(Nc2ccc(-n3cnc(C)c3)c(OC)c2)c(=O)n(C(C)c2ccccc2)n1. The number of hydrogen-bond acceptors (Lipinski definition) is 7. The maximum atomic E-state index is 13.4. The average molecular weight is 476 g/mol. The first kappa shape index (κ1) is 24.0. The van der Waals surface area contributed by atoms with Crippen molar-refractivity contribution < 1.29 is 14.2 Å². The number of methoxy groups -OCH3 is 2. The van der Waals surface area contributed by atoms with Crippen LogP contribution in [-0.2, 0) is 4.74 Å². The molecule has 0 spiro atoms. The molecule has 1 N–H and O–H groups in total. The highest BCUT2D eigenvalue weighted by atomic mass is 16.5. The van der Waals surface area contributed by atoms with Crippen molar-refractivity contribution in [2.75, 3.05) is 32.8 Å². The Balaban J connectivity index is 1.70. The maximum absolute atomic E-state index is 13.4. The lowest BCUT2D eigenvalue weighted by molar-refractivity contribution is 0.142. The number of nitrogens with one attached hydrogen (secondary N) is 1.